The topological polar surface area (TPSA) is 50.1 Å². The van der Waals surface area contributed by atoms with Crippen molar-refractivity contribution >= 4 is 22.8 Å². The summed E-state index contributed by atoms with van der Waals surface area (Å²) in [5.74, 6) is -0.639. The van der Waals surface area contributed by atoms with Crippen LogP contribution in [0.1, 0.15) is 5.56 Å². The fourth-order valence-corrected chi connectivity index (χ4v) is 1.88. The molecule has 0 radical (unpaired) electrons. The van der Waals surface area contributed by atoms with Gasteiger partial charge in [-0.3, -0.25) is 0 Å². The number of hydrogen-bond acceptors (Lipinski definition) is 3. The molecule has 0 amide bonds. The van der Waals surface area contributed by atoms with Gasteiger partial charge in [0.25, 0.3) is 0 Å². The van der Waals surface area contributed by atoms with Gasteiger partial charge in [-0.25, -0.2) is 4.79 Å². The van der Waals surface area contributed by atoms with E-state index in [0.717, 1.165) is 16.3 Å². The van der Waals surface area contributed by atoms with Crippen LogP contribution in [0.5, 0.6) is 0 Å². The van der Waals surface area contributed by atoms with Crippen LogP contribution in [0.2, 0.25) is 0 Å². The van der Waals surface area contributed by atoms with Crippen molar-refractivity contribution in [3.05, 3.63) is 66.3 Å². The first kappa shape index (κ1) is 13.6. The maximum absolute atomic E-state index is 11.7. The van der Waals surface area contributed by atoms with Crippen LogP contribution in [-0.2, 0) is 9.53 Å². The molecule has 0 saturated heterocycles. The van der Waals surface area contributed by atoms with Crippen molar-refractivity contribution < 1.29 is 9.53 Å². The molecule has 20 heavy (non-hydrogen) atoms. The SMILES string of the molecule is C=CCOC(=O)/C(C#N)=C\c1cccc2ccccc12. The highest BCUT2D eigenvalue weighted by Crippen LogP contribution is 2.21. The third-order valence-corrected chi connectivity index (χ3v) is 2.80. The molecule has 0 spiro atoms. The number of nitrogens with zero attached hydrogens (tertiary/aromatic N) is 1. The van der Waals surface area contributed by atoms with Crippen LogP contribution < -0.4 is 0 Å². The Morgan fingerprint density at radius 2 is 2.00 bits per heavy atom. The molecule has 0 heterocycles. The first-order valence-electron chi connectivity index (χ1n) is 6.14. The number of esters is 1. The number of ether oxygens (including phenoxy) is 1. The number of carbonyl (C=O) groups is 1. The third kappa shape index (κ3) is 2.93. The largest absolute Gasteiger partial charge is 0.457 e. The second-order valence-corrected chi connectivity index (χ2v) is 4.13. The molecule has 3 heteroatoms. The molecule has 0 N–H and O–H groups in total. The van der Waals surface area contributed by atoms with Crippen molar-refractivity contribution in [2.75, 3.05) is 6.61 Å². The van der Waals surface area contributed by atoms with Crippen LogP contribution in [0.4, 0.5) is 0 Å². The van der Waals surface area contributed by atoms with E-state index in [9.17, 15) is 4.79 Å². The van der Waals surface area contributed by atoms with Crippen LogP contribution in [0.15, 0.2) is 60.7 Å². The molecule has 0 aromatic heterocycles. The van der Waals surface area contributed by atoms with Gasteiger partial charge in [0, 0.05) is 0 Å². The van der Waals surface area contributed by atoms with Crippen LogP contribution >= 0.6 is 0 Å². The summed E-state index contributed by atoms with van der Waals surface area (Å²) in [6, 6.07) is 15.4. The molecule has 98 valence electrons. The molecule has 0 aliphatic carbocycles. The number of rotatable bonds is 4. The van der Waals surface area contributed by atoms with Gasteiger partial charge in [-0.15, -0.1) is 0 Å². The highest BCUT2D eigenvalue weighted by Gasteiger charge is 2.10. The lowest BCUT2D eigenvalue weighted by Gasteiger charge is -2.03. The van der Waals surface area contributed by atoms with E-state index in [1.807, 2.05) is 48.5 Å². The van der Waals surface area contributed by atoms with Gasteiger partial charge >= 0.3 is 5.97 Å². The number of hydrogen-bond donors (Lipinski definition) is 0. The van der Waals surface area contributed by atoms with Gasteiger partial charge in [0.2, 0.25) is 0 Å². The first-order valence-corrected chi connectivity index (χ1v) is 6.14. The lowest BCUT2D eigenvalue weighted by atomic mass is 10.0. The number of carbonyl (C=O) groups excluding carboxylic acids is 1. The molecule has 0 aliphatic rings. The Morgan fingerprint density at radius 3 is 2.75 bits per heavy atom. The summed E-state index contributed by atoms with van der Waals surface area (Å²) in [5, 5.41) is 11.1. The molecule has 0 bridgehead atoms. The number of benzene rings is 2. The van der Waals surface area contributed by atoms with Crippen LogP contribution in [0.25, 0.3) is 16.8 Å². The Morgan fingerprint density at radius 1 is 1.25 bits per heavy atom. The maximum atomic E-state index is 11.7. The van der Waals surface area contributed by atoms with E-state index >= 15 is 0 Å². The zero-order valence-electron chi connectivity index (χ0n) is 10.9. The van der Waals surface area contributed by atoms with E-state index in [2.05, 4.69) is 6.58 Å². The molecular weight excluding hydrogens is 250 g/mol. The fourth-order valence-electron chi connectivity index (χ4n) is 1.88. The van der Waals surface area contributed by atoms with E-state index in [4.69, 9.17) is 10.00 Å². The van der Waals surface area contributed by atoms with Gasteiger partial charge in [-0.1, -0.05) is 55.1 Å². The zero-order chi connectivity index (χ0) is 14.4. The van der Waals surface area contributed by atoms with Crippen molar-refractivity contribution in [3.63, 3.8) is 0 Å². The predicted molar refractivity (Wildman–Crippen MR) is 78.7 cm³/mol. The summed E-state index contributed by atoms with van der Waals surface area (Å²) in [5.41, 5.74) is 0.790. The van der Waals surface area contributed by atoms with Gasteiger partial charge in [-0.05, 0) is 22.4 Å². The van der Waals surface area contributed by atoms with Crippen molar-refractivity contribution in [1.29, 1.82) is 5.26 Å². The van der Waals surface area contributed by atoms with Crippen LogP contribution in [-0.4, -0.2) is 12.6 Å². The molecule has 0 fully saturated rings. The van der Waals surface area contributed by atoms with Crippen LogP contribution in [0.3, 0.4) is 0 Å². The van der Waals surface area contributed by atoms with Gasteiger partial charge in [-0.2, -0.15) is 5.26 Å². The minimum absolute atomic E-state index is 0.0248. The summed E-state index contributed by atoms with van der Waals surface area (Å²) >= 11 is 0. The molecule has 2 aromatic carbocycles. The van der Waals surface area contributed by atoms with E-state index in [-0.39, 0.29) is 12.2 Å². The summed E-state index contributed by atoms with van der Waals surface area (Å²) in [4.78, 5) is 11.7. The predicted octanol–water partition coefficient (Wildman–Crippen LogP) is 3.48. The van der Waals surface area contributed by atoms with Gasteiger partial charge in [0.15, 0.2) is 0 Å². The Labute approximate surface area is 117 Å². The number of nitriles is 1. The smallest absolute Gasteiger partial charge is 0.349 e. The van der Waals surface area contributed by atoms with Gasteiger partial charge < -0.3 is 4.74 Å². The van der Waals surface area contributed by atoms with Crippen molar-refractivity contribution in [1.82, 2.24) is 0 Å². The van der Waals surface area contributed by atoms with Crippen molar-refractivity contribution in [3.8, 4) is 6.07 Å². The highest BCUT2D eigenvalue weighted by atomic mass is 16.5. The minimum atomic E-state index is -0.639. The van der Waals surface area contributed by atoms with Crippen molar-refractivity contribution in [2.24, 2.45) is 0 Å². The average molecular weight is 263 g/mol. The van der Waals surface area contributed by atoms with Crippen LogP contribution in [0, 0.1) is 11.3 Å². The Bertz CT molecular complexity index is 718. The van der Waals surface area contributed by atoms with Gasteiger partial charge in [0.05, 0.1) is 0 Å². The first-order chi connectivity index (χ1) is 9.76. The minimum Gasteiger partial charge on any atom is -0.457 e. The fraction of sp³-hybridized carbons (Fsp3) is 0.0588. The monoisotopic (exact) mass is 263 g/mol. The summed E-state index contributed by atoms with van der Waals surface area (Å²) in [6.07, 6.45) is 3.01. The molecule has 2 rings (SSSR count). The molecule has 3 nitrogen and oxygen atoms in total. The lowest BCUT2D eigenvalue weighted by Crippen LogP contribution is -2.06. The lowest BCUT2D eigenvalue weighted by molar-refractivity contribution is -0.137. The summed E-state index contributed by atoms with van der Waals surface area (Å²) in [7, 11) is 0. The zero-order valence-corrected chi connectivity index (χ0v) is 10.9. The van der Waals surface area contributed by atoms with E-state index < -0.39 is 5.97 Å². The maximum Gasteiger partial charge on any atom is 0.349 e. The van der Waals surface area contributed by atoms with Crippen molar-refractivity contribution in [2.45, 2.75) is 0 Å². The average Bonchev–Trinajstić information content (AvgIpc) is 2.50. The van der Waals surface area contributed by atoms with Gasteiger partial charge in [0.1, 0.15) is 18.2 Å². The second-order valence-electron chi connectivity index (χ2n) is 4.13. The summed E-state index contributed by atoms with van der Waals surface area (Å²) < 4.78 is 4.88. The normalized spacial score (nSPS) is 10.8. The second kappa shape index (κ2) is 6.35. The third-order valence-electron chi connectivity index (χ3n) is 2.80. The molecule has 0 aliphatic heterocycles. The molecule has 0 saturated carbocycles. The quantitative estimate of drug-likeness (QED) is 0.367. The van der Waals surface area contributed by atoms with E-state index in [0.29, 0.717) is 0 Å². The standard InChI is InChI=1S/C17H13NO2/c1-2-10-20-17(19)15(12-18)11-14-8-5-7-13-6-3-4-9-16(13)14/h2-9,11H,1,10H2/b15-11-. The summed E-state index contributed by atoms with van der Waals surface area (Å²) in [6.45, 7) is 3.55. The Hall–Kier alpha value is -2.86. The molecule has 0 atom stereocenters. The number of fused-ring (bicyclic) bond motifs is 1. The molecule has 2 aromatic rings. The van der Waals surface area contributed by atoms with E-state index in [1.165, 1.54) is 6.08 Å². The Balaban J connectivity index is 2.43. The Kier molecular flexibility index (Phi) is 4.31. The highest BCUT2D eigenvalue weighted by molar-refractivity contribution is 6.01. The molecular formula is C17H13NO2. The molecule has 0 unspecified atom stereocenters. The van der Waals surface area contributed by atoms with E-state index in [1.54, 1.807) is 6.08 Å².